The number of nitrogens with one attached hydrogen (secondary N) is 1. The van der Waals surface area contributed by atoms with Crippen molar-refractivity contribution in [3.8, 4) is 5.75 Å². The molecule has 0 fully saturated rings. The lowest BCUT2D eigenvalue weighted by Gasteiger charge is -2.11. The molecule has 0 amide bonds. The lowest BCUT2D eigenvalue weighted by molar-refractivity contribution is 0.300. The van der Waals surface area contributed by atoms with Crippen molar-refractivity contribution in [2.75, 3.05) is 12.0 Å². The Morgan fingerprint density at radius 2 is 1.88 bits per heavy atom. The number of hydrogen-bond acceptors (Lipinski definition) is 5. The van der Waals surface area contributed by atoms with Crippen LogP contribution in [-0.4, -0.2) is 22.4 Å². The van der Waals surface area contributed by atoms with E-state index in [2.05, 4.69) is 76.5 Å². The van der Waals surface area contributed by atoms with Crippen LogP contribution in [-0.2, 0) is 6.54 Å². The number of hydrazone groups is 1. The number of aryl methyl sites for hydroxylation is 2. The van der Waals surface area contributed by atoms with Crippen molar-refractivity contribution in [1.82, 2.24) is 9.55 Å². The SMILES string of the molecule is Cc1cccc(OCCCn2cc(C=NNc3nc4ccccc4s3)c3ccccc32)c1C. The van der Waals surface area contributed by atoms with Gasteiger partial charge in [-0.15, -0.1) is 0 Å². The van der Waals surface area contributed by atoms with Crippen LogP contribution in [0.4, 0.5) is 5.13 Å². The summed E-state index contributed by atoms with van der Waals surface area (Å²) in [6.07, 6.45) is 4.95. The fraction of sp³-hybridized carbons (Fsp3) is 0.185. The largest absolute Gasteiger partial charge is 0.493 e. The molecule has 0 radical (unpaired) electrons. The highest BCUT2D eigenvalue weighted by Gasteiger charge is 2.08. The molecule has 0 aliphatic heterocycles. The first-order valence-electron chi connectivity index (χ1n) is 11.1. The molecule has 1 N–H and O–H groups in total. The molecule has 2 aromatic heterocycles. The average Bonchev–Trinajstić information content (AvgIpc) is 3.41. The van der Waals surface area contributed by atoms with E-state index < -0.39 is 0 Å². The van der Waals surface area contributed by atoms with Crippen molar-refractivity contribution < 1.29 is 4.74 Å². The third kappa shape index (κ3) is 4.61. The minimum absolute atomic E-state index is 0.680. The van der Waals surface area contributed by atoms with E-state index in [0.717, 1.165) is 39.6 Å². The van der Waals surface area contributed by atoms with Crippen molar-refractivity contribution in [2.24, 2.45) is 5.10 Å². The Kier molecular flexibility index (Phi) is 6.09. The number of anilines is 1. The van der Waals surface area contributed by atoms with Gasteiger partial charge in [0, 0.05) is 29.2 Å². The molecule has 0 saturated carbocycles. The Bertz CT molecular complexity index is 1400. The van der Waals surface area contributed by atoms with Gasteiger partial charge < -0.3 is 9.30 Å². The van der Waals surface area contributed by atoms with Gasteiger partial charge in [0.15, 0.2) is 0 Å². The molecule has 2 heterocycles. The van der Waals surface area contributed by atoms with Crippen LogP contribution in [0.1, 0.15) is 23.1 Å². The zero-order valence-electron chi connectivity index (χ0n) is 18.8. The van der Waals surface area contributed by atoms with Gasteiger partial charge in [-0.1, -0.05) is 53.8 Å². The van der Waals surface area contributed by atoms with Crippen molar-refractivity contribution in [3.05, 3.63) is 89.6 Å². The lowest BCUT2D eigenvalue weighted by atomic mass is 10.1. The molecule has 5 rings (SSSR count). The van der Waals surface area contributed by atoms with Crippen molar-refractivity contribution in [1.29, 1.82) is 0 Å². The number of nitrogens with zero attached hydrogens (tertiary/aromatic N) is 3. The number of fused-ring (bicyclic) bond motifs is 2. The van der Waals surface area contributed by atoms with Gasteiger partial charge in [-0.3, -0.25) is 5.43 Å². The number of hydrogen-bond donors (Lipinski definition) is 1. The predicted molar refractivity (Wildman–Crippen MR) is 139 cm³/mol. The van der Waals surface area contributed by atoms with Crippen molar-refractivity contribution in [3.63, 3.8) is 0 Å². The molecule has 0 saturated heterocycles. The van der Waals surface area contributed by atoms with E-state index in [0.29, 0.717) is 6.61 Å². The molecule has 166 valence electrons. The zero-order chi connectivity index (χ0) is 22.6. The van der Waals surface area contributed by atoms with Gasteiger partial charge in [0.25, 0.3) is 0 Å². The molecule has 0 unspecified atom stereocenters. The van der Waals surface area contributed by atoms with E-state index in [1.54, 1.807) is 11.3 Å². The maximum Gasteiger partial charge on any atom is 0.204 e. The molecule has 5 nitrogen and oxygen atoms in total. The molecular formula is C27H26N4OS. The third-order valence-electron chi connectivity index (χ3n) is 5.83. The lowest BCUT2D eigenvalue weighted by Crippen LogP contribution is -2.04. The van der Waals surface area contributed by atoms with E-state index in [1.807, 2.05) is 36.5 Å². The van der Waals surface area contributed by atoms with E-state index in [9.17, 15) is 0 Å². The monoisotopic (exact) mass is 454 g/mol. The average molecular weight is 455 g/mol. The number of rotatable bonds is 8. The van der Waals surface area contributed by atoms with Gasteiger partial charge in [0.1, 0.15) is 5.75 Å². The second kappa shape index (κ2) is 9.46. The van der Waals surface area contributed by atoms with Crippen LogP contribution in [0.3, 0.4) is 0 Å². The molecule has 6 heteroatoms. The number of ether oxygens (including phenoxy) is 1. The van der Waals surface area contributed by atoms with Crippen LogP contribution in [0.2, 0.25) is 0 Å². The van der Waals surface area contributed by atoms with Crippen molar-refractivity contribution >= 4 is 43.8 Å². The molecule has 0 aliphatic rings. The molecule has 33 heavy (non-hydrogen) atoms. The predicted octanol–water partition coefficient (Wildman–Crippen LogP) is 6.78. The quantitative estimate of drug-likeness (QED) is 0.160. The molecule has 0 bridgehead atoms. The second-order valence-corrected chi connectivity index (χ2v) is 9.08. The summed E-state index contributed by atoms with van der Waals surface area (Å²) in [5.41, 5.74) is 8.82. The summed E-state index contributed by atoms with van der Waals surface area (Å²) in [5.74, 6) is 0.973. The number of aromatic nitrogens is 2. The first-order chi connectivity index (χ1) is 16.2. The van der Waals surface area contributed by atoms with Gasteiger partial charge in [-0.05, 0) is 55.7 Å². The first-order valence-corrected chi connectivity index (χ1v) is 11.9. The fourth-order valence-electron chi connectivity index (χ4n) is 3.94. The summed E-state index contributed by atoms with van der Waals surface area (Å²) in [6.45, 7) is 5.78. The van der Waals surface area contributed by atoms with Gasteiger partial charge in [-0.25, -0.2) is 4.98 Å². The summed E-state index contributed by atoms with van der Waals surface area (Å²) in [6, 6.07) is 22.7. The maximum atomic E-state index is 6.04. The number of thiazole rings is 1. The summed E-state index contributed by atoms with van der Waals surface area (Å²) in [7, 11) is 0. The highest BCUT2D eigenvalue weighted by Crippen LogP contribution is 2.26. The highest BCUT2D eigenvalue weighted by molar-refractivity contribution is 7.22. The standard InChI is InChI=1S/C27H26N4OS/c1-19-9-7-13-25(20(19)2)32-16-8-15-31-18-21(22-10-3-5-12-24(22)31)17-28-30-27-29-23-11-4-6-14-26(23)33-27/h3-7,9-14,17-18H,8,15-16H2,1-2H3,(H,29,30). The molecular weight excluding hydrogens is 428 g/mol. The smallest absolute Gasteiger partial charge is 0.204 e. The van der Waals surface area contributed by atoms with Crippen molar-refractivity contribution in [2.45, 2.75) is 26.8 Å². The minimum Gasteiger partial charge on any atom is -0.493 e. The van der Waals surface area contributed by atoms with Gasteiger partial charge in [0.05, 0.1) is 23.0 Å². The summed E-state index contributed by atoms with van der Waals surface area (Å²) in [4.78, 5) is 4.57. The molecule has 5 aromatic rings. The second-order valence-electron chi connectivity index (χ2n) is 8.05. The first kappa shape index (κ1) is 21.2. The maximum absolute atomic E-state index is 6.04. The summed E-state index contributed by atoms with van der Waals surface area (Å²) >= 11 is 1.60. The topological polar surface area (TPSA) is 51.4 Å². The van der Waals surface area contributed by atoms with E-state index in [1.165, 1.54) is 22.0 Å². The van der Waals surface area contributed by atoms with E-state index in [-0.39, 0.29) is 0 Å². The number of para-hydroxylation sites is 2. The van der Waals surface area contributed by atoms with E-state index >= 15 is 0 Å². The Morgan fingerprint density at radius 1 is 1.03 bits per heavy atom. The summed E-state index contributed by atoms with van der Waals surface area (Å²) < 4.78 is 9.47. The molecule has 0 spiro atoms. The Hall–Kier alpha value is -3.64. The highest BCUT2D eigenvalue weighted by atomic mass is 32.1. The minimum atomic E-state index is 0.680. The van der Waals surface area contributed by atoms with Crippen LogP contribution in [0, 0.1) is 13.8 Å². The zero-order valence-corrected chi connectivity index (χ0v) is 19.6. The van der Waals surface area contributed by atoms with Crippen LogP contribution in [0.5, 0.6) is 5.75 Å². The van der Waals surface area contributed by atoms with Gasteiger partial charge in [-0.2, -0.15) is 5.10 Å². The van der Waals surface area contributed by atoms with E-state index in [4.69, 9.17) is 4.74 Å². The van der Waals surface area contributed by atoms with Crippen LogP contribution >= 0.6 is 11.3 Å². The number of benzene rings is 3. The Balaban J connectivity index is 1.26. The Labute approximate surface area is 197 Å². The normalized spacial score (nSPS) is 11.6. The molecule has 0 aliphatic carbocycles. The van der Waals surface area contributed by atoms with Crippen LogP contribution in [0.25, 0.3) is 21.1 Å². The van der Waals surface area contributed by atoms with Crippen LogP contribution < -0.4 is 10.2 Å². The molecule has 0 atom stereocenters. The van der Waals surface area contributed by atoms with Gasteiger partial charge in [0.2, 0.25) is 5.13 Å². The van der Waals surface area contributed by atoms with Crippen LogP contribution in [0.15, 0.2) is 78.0 Å². The van der Waals surface area contributed by atoms with Gasteiger partial charge >= 0.3 is 0 Å². The third-order valence-corrected chi connectivity index (χ3v) is 6.77. The fourth-order valence-corrected chi connectivity index (χ4v) is 4.75. The summed E-state index contributed by atoms with van der Waals surface area (Å²) in [5, 5.41) is 6.43. The Morgan fingerprint density at radius 3 is 2.79 bits per heavy atom. The molecule has 3 aromatic carbocycles.